The normalized spacial score (nSPS) is 12.0. The van der Waals surface area contributed by atoms with Crippen molar-refractivity contribution in [3.05, 3.63) is 35.9 Å². The standard InChI is InChI=1S/C15H17ClN4O3S/c1-10(9-24-2)15(23)19(8-13(21)22)12-7-20(18-14(12)16)11-4-3-5-17-6-11/h3-7,10H,8-9H2,1-2H3,(H,21,22). The second-order valence-electron chi connectivity index (χ2n) is 5.14. The summed E-state index contributed by atoms with van der Waals surface area (Å²) in [5, 5.41) is 13.3. The number of amides is 1. The maximum atomic E-state index is 12.6. The third-order valence-electron chi connectivity index (χ3n) is 3.25. The largest absolute Gasteiger partial charge is 0.480 e. The van der Waals surface area contributed by atoms with Crippen molar-refractivity contribution in [3.8, 4) is 5.69 Å². The average molecular weight is 369 g/mol. The Morgan fingerprint density at radius 1 is 1.50 bits per heavy atom. The maximum absolute atomic E-state index is 12.6. The lowest BCUT2D eigenvalue weighted by Crippen LogP contribution is -2.39. The van der Waals surface area contributed by atoms with Gasteiger partial charge in [0.05, 0.1) is 18.1 Å². The molecule has 1 atom stereocenters. The monoisotopic (exact) mass is 368 g/mol. The van der Waals surface area contributed by atoms with Crippen LogP contribution in [0.25, 0.3) is 5.69 Å². The molecule has 0 aromatic carbocycles. The van der Waals surface area contributed by atoms with E-state index in [1.54, 1.807) is 31.5 Å². The molecule has 1 unspecified atom stereocenters. The van der Waals surface area contributed by atoms with Crippen LogP contribution in [0.1, 0.15) is 6.92 Å². The third kappa shape index (κ3) is 4.27. The first-order valence-electron chi connectivity index (χ1n) is 7.11. The van der Waals surface area contributed by atoms with Crippen LogP contribution in [0.4, 0.5) is 5.69 Å². The summed E-state index contributed by atoms with van der Waals surface area (Å²) in [7, 11) is 0. The Morgan fingerprint density at radius 3 is 2.83 bits per heavy atom. The van der Waals surface area contributed by atoms with Gasteiger partial charge in [0.25, 0.3) is 0 Å². The van der Waals surface area contributed by atoms with E-state index in [1.165, 1.54) is 22.6 Å². The molecule has 1 amide bonds. The van der Waals surface area contributed by atoms with Gasteiger partial charge in [0.15, 0.2) is 5.15 Å². The van der Waals surface area contributed by atoms with Gasteiger partial charge in [0, 0.05) is 17.9 Å². The molecule has 2 heterocycles. The molecule has 24 heavy (non-hydrogen) atoms. The molecular weight excluding hydrogens is 352 g/mol. The van der Waals surface area contributed by atoms with Gasteiger partial charge in [0.2, 0.25) is 5.91 Å². The minimum absolute atomic E-state index is 0.0600. The number of hydrogen-bond donors (Lipinski definition) is 1. The summed E-state index contributed by atoms with van der Waals surface area (Å²) < 4.78 is 1.46. The lowest BCUT2D eigenvalue weighted by Gasteiger charge is -2.22. The lowest BCUT2D eigenvalue weighted by atomic mass is 10.2. The highest BCUT2D eigenvalue weighted by Gasteiger charge is 2.27. The number of aromatic nitrogens is 3. The van der Waals surface area contributed by atoms with Crippen molar-refractivity contribution in [2.24, 2.45) is 5.92 Å². The molecule has 2 rings (SSSR count). The van der Waals surface area contributed by atoms with Crippen LogP contribution in [0.15, 0.2) is 30.7 Å². The first-order valence-corrected chi connectivity index (χ1v) is 8.89. The lowest BCUT2D eigenvalue weighted by molar-refractivity contribution is -0.137. The van der Waals surface area contributed by atoms with Crippen molar-refractivity contribution in [2.45, 2.75) is 6.92 Å². The van der Waals surface area contributed by atoms with Crippen molar-refractivity contribution in [3.63, 3.8) is 0 Å². The van der Waals surface area contributed by atoms with Crippen molar-refractivity contribution >= 4 is 40.9 Å². The van der Waals surface area contributed by atoms with Crippen LogP contribution in [0, 0.1) is 5.92 Å². The van der Waals surface area contributed by atoms with Crippen LogP contribution in [0.3, 0.4) is 0 Å². The number of carboxylic acids is 1. The number of carbonyl (C=O) groups is 2. The van der Waals surface area contributed by atoms with Crippen LogP contribution < -0.4 is 4.90 Å². The molecule has 0 saturated heterocycles. The number of rotatable bonds is 7. The van der Waals surface area contributed by atoms with Gasteiger partial charge in [-0.2, -0.15) is 16.9 Å². The van der Waals surface area contributed by atoms with Gasteiger partial charge in [-0.05, 0) is 18.4 Å². The Morgan fingerprint density at radius 2 is 2.25 bits per heavy atom. The zero-order valence-electron chi connectivity index (χ0n) is 13.2. The topological polar surface area (TPSA) is 88.3 Å². The van der Waals surface area contributed by atoms with Crippen LogP contribution in [-0.2, 0) is 9.59 Å². The Bertz CT molecular complexity index is 723. The Balaban J connectivity index is 2.38. The molecule has 2 aromatic heterocycles. The molecule has 0 saturated carbocycles. The fourth-order valence-electron chi connectivity index (χ4n) is 2.15. The number of pyridine rings is 1. The van der Waals surface area contributed by atoms with Crippen molar-refractivity contribution in [2.75, 3.05) is 23.5 Å². The Labute approximate surface area is 148 Å². The zero-order chi connectivity index (χ0) is 17.7. The molecule has 1 N–H and O–H groups in total. The van der Waals surface area contributed by atoms with Crippen LogP contribution in [0.2, 0.25) is 5.15 Å². The van der Waals surface area contributed by atoms with E-state index in [1.807, 2.05) is 6.26 Å². The molecule has 0 fully saturated rings. The fourth-order valence-corrected chi connectivity index (χ4v) is 3.03. The highest BCUT2D eigenvalue weighted by molar-refractivity contribution is 7.98. The van der Waals surface area contributed by atoms with E-state index in [-0.39, 0.29) is 22.7 Å². The number of carbonyl (C=O) groups excluding carboxylic acids is 1. The zero-order valence-corrected chi connectivity index (χ0v) is 14.8. The highest BCUT2D eigenvalue weighted by Crippen LogP contribution is 2.27. The average Bonchev–Trinajstić information content (AvgIpc) is 2.94. The van der Waals surface area contributed by atoms with E-state index in [0.29, 0.717) is 11.4 Å². The molecule has 0 bridgehead atoms. The van der Waals surface area contributed by atoms with E-state index >= 15 is 0 Å². The number of nitrogens with zero attached hydrogens (tertiary/aromatic N) is 4. The molecule has 2 aromatic rings. The molecule has 0 aliphatic rings. The van der Waals surface area contributed by atoms with Crippen molar-refractivity contribution < 1.29 is 14.7 Å². The van der Waals surface area contributed by atoms with Gasteiger partial charge in [-0.1, -0.05) is 18.5 Å². The van der Waals surface area contributed by atoms with Crippen molar-refractivity contribution in [1.29, 1.82) is 0 Å². The summed E-state index contributed by atoms with van der Waals surface area (Å²) >= 11 is 7.67. The minimum Gasteiger partial charge on any atom is -0.480 e. The van der Waals surface area contributed by atoms with Gasteiger partial charge in [-0.3, -0.25) is 19.5 Å². The molecule has 0 spiro atoms. The van der Waals surface area contributed by atoms with E-state index in [4.69, 9.17) is 16.7 Å². The fraction of sp³-hybridized carbons (Fsp3) is 0.333. The molecule has 9 heteroatoms. The van der Waals surface area contributed by atoms with E-state index in [2.05, 4.69) is 10.1 Å². The maximum Gasteiger partial charge on any atom is 0.323 e. The summed E-state index contributed by atoms with van der Waals surface area (Å²) in [6.45, 7) is 1.28. The number of aliphatic carboxylic acids is 1. The van der Waals surface area contributed by atoms with Crippen LogP contribution >= 0.6 is 23.4 Å². The summed E-state index contributed by atoms with van der Waals surface area (Å²) in [5.74, 6) is -1.18. The predicted molar refractivity (Wildman–Crippen MR) is 93.9 cm³/mol. The van der Waals surface area contributed by atoms with Gasteiger partial charge >= 0.3 is 5.97 Å². The van der Waals surface area contributed by atoms with Crippen LogP contribution in [-0.4, -0.2) is 50.3 Å². The van der Waals surface area contributed by atoms with E-state index in [0.717, 1.165) is 4.90 Å². The van der Waals surface area contributed by atoms with Gasteiger partial charge < -0.3 is 5.11 Å². The predicted octanol–water partition coefficient (Wildman–Crippen LogP) is 2.34. The number of hydrogen-bond acceptors (Lipinski definition) is 5. The van der Waals surface area contributed by atoms with E-state index < -0.39 is 12.5 Å². The smallest absolute Gasteiger partial charge is 0.323 e. The molecule has 0 aliphatic carbocycles. The second kappa shape index (κ2) is 8.16. The second-order valence-corrected chi connectivity index (χ2v) is 6.40. The summed E-state index contributed by atoms with van der Waals surface area (Å²) in [5.41, 5.74) is 0.923. The Kier molecular flexibility index (Phi) is 6.22. The van der Waals surface area contributed by atoms with Gasteiger partial charge in [-0.25, -0.2) is 4.68 Å². The summed E-state index contributed by atoms with van der Waals surface area (Å²) in [6, 6.07) is 3.52. The summed E-state index contributed by atoms with van der Waals surface area (Å²) in [4.78, 5) is 28.9. The van der Waals surface area contributed by atoms with Crippen molar-refractivity contribution in [1.82, 2.24) is 14.8 Å². The highest BCUT2D eigenvalue weighted by atomic mass is 35.5. The van der Waals surface area contributed by atoms with E-state index in [9.17, 15) is 9.59 Å². The number of carboxylic acid groups (broad SMARTS) is 1. The number of halogens is 1. The molecule has 7 nitrogen and oxygen atoms in total. The SMILES string of the molecule is CSCC(C)C(=O)N(CC(=O)O)c1cn(-c2cccnc2)nc1Cl. The third-order valence-corrected chi connectivity index (χ3v) is 4.35. The summed E-state index contributed by atoms with van der Waals surface area (Å²) in [6.07, 6.45) is 6.64. The minimum atomic E-state index is -1.12. The first-order chi connectivity index (χ1) is 11.4. The number of thioether (sulfide) groups is 1. The first kappa shape index (κ1) is 18.3. The number of anilines is 1. The molecular formula is C15H17ClN4O3S. The molecule has 128 valence electrons. The molecule has 0 aliphatic heterocycles. The quantitative estimate of drug-likeness (QED) is 0.807. The Hall–Kier alpha value is -2.06. The molecule has 0 radical (unpaired) electrons. The van der Waals surface area contributed by atoms with Gasteiger partial charge in [-0.15, -0.1) is 0 Å². The van der Waals surface area contributed by atoms with Crippen LogP contribution in [0.5, 0.6) is 0 Å². The van der Waals surface area contributed by atoms with Gasteiger partial charge in [0.1, 0.15) is 12.2 Å².